The standard InChI is InChI=1S/C12H24N4O2S/c1-5-9-14-12(13-6-2)15-10-8-11-16(7-3)19(4,17)18/h1H,6-11H2,2-4H3,(H2,13,14,15). The number of nitrogens with zero attached hydrogens (tertiary/aromatic N) is 2. The fourth-order valence-electron chi connectivity index (χ4n) is 1.47. The van der Waals surface area contributed by atoms with Crippen LogP contribution in [0.2, 0.25) is 0 Å². The minimum absolute atomic E-state index is 0.413. The number of terminal acetylenes is 1. The van der Waals surface area contributed by atoms with Crippen molar-refractivity contribution in [2.45, 2.75) is 20.3 Å². The van der Waals surface area contributed by atoms with Gasteiger partial charge < -0.3 is 10.6 Å². The zero-order valence-electron chi connectivity index (χ0n) is 11.9. The van der Waals surface area contributed by atoms with Crippen molar-refractivity contribution in [1.82, 2.24) is 14.9 Å². The number of nitrogens with one attached hydrogen (secondary N) is 2. The third-order valence-corrected chi connectivity index (χ3v) is 3.74. The Balaban J connectivity index is 4.19. The molecule has 0 aliphatic carbocycles. The van der Waals surface area contributed by atoms with Gasteiger partial charge in [0.2, 0.25) is 10.0 Å². The van der Waals surface area contributed by atoms with Gasteiger partial charge in [-0.3, -0.25) is 4.99 Å². The first kappa shape index (κ1) is 17.7. The van der Waals surface area contributed by atoms with Crippen LogP contribution in [-0.2, 0) is 10.0 Å². The van der Waals surface area contributed by atoms with Gasteiger partial charge in [0, 0.05) is 26.2 Å². The summed E-state index contributed by atoms with van der Waals surface area (Å²) < 4.78 is 24.2. The first-order valence-corrected chi connectivity index (χ1v) is 8.21. The van der Waals surface area contributed by atoms with E-state index in [9.17, 15) is 8.42 Å². The van der Waals surface area contributed by atoms with E-state index in [1.54, 1.807) is 0 Å². The minimum atomic E-state index is -3.11. The van der Waals surface area contributed by atoms with Crippen LogP contribution in [-0.4, -0.2) is 57.7 Å². The number of sulfonamides is 1. The molecule has 110 valence electrons. The molecular weight excluding hydrogens is 264 g/mol. The molecule has 0 spiro atoms. The molecule has 19 heavy (non-hydrogen) atoms. The molecular formula is C12H24N4O2S. The first-order chi connectivity index (χ1) is 8.95. The van der Waals surface area contributed by atoms with Crippen LogP contribution in [0.3, 0.4) is 0 Å². The summed E-state index contributed by atoms with van der Waals surface area (Å²) in [6.45, 7) is 6.47. The smallest absolute Gasteiger partial charge is 0.211 e. The number of hydrogen-bond acceptors (Lipinski definition) is 3. The lowest BCUT2D eigenvalue weighted by Crippen LogP contribution is -2.37. The predicted octanol–water partition coefficient (Wildman–Crippen LogP) is -0.154. The van der Waals surface area contributed by atoms with E-state index in [1.807, 2.05) is 13.8 Å². The summed E-state index contributed by atoms with van der Waals surface area (Å²) in [6.07, 6.45) is 7.06. The van der Waals surface area contributed by atoms with Crippen LogP contribution in [0.15, 0.2) is 4.99 Å². The lowest BCUT2D eigenvalue weighted by molar-refractivity contribution is 0.427. The summed E-state index contributed by atoms with van der Waals surface area (Å²) in [6, 6.07) is 0. The fourth-order valence-corrected chi connectivity index (χ4v) is 2.40. The Labute approximate surface area is 116 Å². The molecule has 0 saturated carbocycles. The summed E-state index contributed by atoms with van der Waals surface area (Å²) >= 11 is 0. The molecule has 0 rings (SSSR count). The van der Waals surface area contributed by atoms with Crippen LogP contribution >= 0.6 is 0 Å². The topological polar surface area (TPSA) is 73.8 Å². The monoisotopic (exact) mass is 288 g/mol. The molecule has 0 aromatic heterocycles. The van der Waals surface area contributed by atoms with E-state index in [4.69, 9.17) is 6.42 Å². The Hall–Kier alpha value is -1.26. The van der Waals surface area contributed by atoms with Crippen LogP contribution in [0.4, 0.5) is 0 Å². The summed E-state index contributed by atoms with van der Waals surface area (Å²) in [7, 11) is -3.11. The number of hydrogen-bond donors (Lipinski definition) is 2. The molecule has 2 N–H and O–H groups in total. The molecule has 0 aromatic carbocycles. The van der Waals surface area contributed by atoms with Crippen molar-refractivity contribution in [3.05, 3.63) is 0 Å². The van der Waals surface area contributed by atoms with Gasteiger partial charge in [0.15, 0.2) is 5.96 Å². The van der Waals surface area contributed by atoms with E-state index in [0.717, 1.165) is 6.54 Å². The molecule has 0 amide bonds. The number of aliphatic imine (C=N–C) groups is 1. The van der Waals surface area contributed by atoms with E-state index < -0.39 is 10.0 Å². The van der Waals surface area contributed by atoms with Crippen LogP contribution in [0.25, 0.3) is 0 Å². The summed E-state index contributed by atoms with van der Waals surface area (Å²) in [5, 5.41) is 6.03. The number of rotatable bonds is 8. The highest BCUT2D eigenvalue weighted by Crippen LogP contribution is 1.98. The molecule has 0 radical (unpaired) electrons. The Morgan fingerprint density at radius 2 is 2.05 bits per heavy atom. The van der Waals surface area contributed by atoms with Gasteiger partial charge in [-0.15, -0.1) is 6.42 Å². The van der Waals surface area contributed by atoms with Crippen molar-refractivity contribution in [2.75, 3.05) is 39.0 Å². The van der Waals surface area contributed by atoms with Gasteiger partial charge >= 0.3 is 0 Å². The number of guanidine groups is 1. The molecule has 0 aromatic rings. The summed E-state index contributed by atoms with van der Waals surface area (Å²) in [5.74, 6) is 3.13. The maximum atomic E-state index is 11.4. The van der Waals surface area contributed by atoms with Crippen molar-refractivity contribution in [2.24, 2.45) is 4.99 Å². The molecule has 0 saturated heterocycles. The van der Waals surface area contributed by atoms with Crippen molar-refractivity contribution in [3.8, 4) is 12.3 Å². The highest BCUT2D eigenvalue weighted by atomic mass is 32.2. The van der Waals surface area contributed by atoms with E-state index in [2.05, 4.69) is 21.5 Å². The van der Waals surface area contributed by atoms with Crippen molar-refractivity contribution in [3.63, 3.8) is 0 Å². The zero-order valence-corrected chi connectivity index (χ0v) is 12.8. The van der Waals surface area contributed by atoms with Crippen molar-refractivity contribution < 1.29 is 8.42 Å². The fraction of sp³-hybridized carbons (Fsp3) is 0.750. The Morgan fingerprint density at radius 3 is 2.53 bits per heavy atom. The van der Waals surface area contributed by atoms with Crippen LogP contribution in [0.5, 0.6) is 0 Å². The van der Waals surface area contributed by atoms with Gasteiger partial charge in [-0.1, -0.05) is 12.8 Å². The molecule has 0 aliphatic rings. The average Bonchev–Trinajstić information content (AvgIpc) is 2.34. The van der Waals surface area contributed by atoms with Gasteiger partial charge in [0.1, 0.15) is 0 Å². The van der Waals surface area contributed by atoms with Crippen LogP contribution < -0.4 is 10.6 Å². The van der Waals surface area contributed by atoms with E-state index in [0.29, 0.717) is 38.6 Å². The molecule has 7 heteroatoms. The maximum Gasteiger partial charge on any atom is 0.211 e. The second-order valence-electron chi connectivity index (χ2n) is 3.93. The van der Waals surface area contributed by atoms with Crippen LogP contribution in [0, 0.1) is 12.3 Å². The highest BCUT2D eigenvalue weighted by Gasteiger charge is 2.12. The average molecular weight is 288 g/mol. The Bertz CT molecular complexity index is 412. The van der Waals surface area contributed by atoms with E-state index in [-0.39, 0.29) is 0 Å². The van der Waals surface area contributed by atoms with Gasteiger partial charge in [0.25, 0.3) is 0 Å². The highest BCUT2D eigenvalue weighted by molar-refractivity contribution is 7.88. The van der Waals surface area contributed by atoms with Crippen LogP contribution in [0.1, 0.15) is 20.3 Å². The van der Waals surface area contributed by atoms with Gasteiger partial charge in [-0.05, 0) is 13.3 Å². The predicted molar refractivity (Wildman–Crippen MR) is 79.5 cm³/mol. The largest absolute Gasteiger partial charge is 0.357 e. The lowest BCUT2D eigenvalue weighted by Gasteiger charge is -2.17. The molecule has 0 unspecified atom stereocenters. The molecule has 0 fully saturated rings. The molecule has 0 atom stereocenters. The first-order valence-electron chi connectivity index (χ1n) is 6.36. The van der Waals surface area contributed by atoms with E-state index >= 15 is 0 Å². The minimum Gasteiger partial charge on any atom is -0.357 e. The Morgan fingerprint density at radius 1 is 1.37 bits per heavy atom. The lowest BCUT2D eigenvalue weighted by atomic mass is 10.4. The second kappa shape index (κ2) is 9.64. The van der Waals surface area contributed by atoms with E-state index in [1.165, 1.54) is 10.6 Å². The maximum absolute atomic E-state index is 11.4. The normalized spacial score (nSPS) is 12.3. The van der Waals surface area contributed by atoms with Gasteiger partial charge in [-0.2, -0.15) is 0 Å². The molecule has 0 aliphatic heterocycles. The summed E-state index contributed by atoms with van der Waals surface area (Å²) in [4.78, 5) is 4.32. The Kier molecular flexibility index (Phi) is 9.00. The zero-order chi connectivity index (χ0) is 14.7. The quantitative estimate of drug-likeness (QED) is 0.282. The molecule has 0 bridgehead atoms. The van der Waals surface area contributed by atoms with Crippen molar-refractivity contribution in [1.29, 1.82) is 0 Å². The molecule has 6 nitrogen and oxygen atoms in total. The van der Waals surface area contributed by atoms with Gasteiger partial charge in [0.05, 0.1) is 12.8 Å². The molecule has 0 heterocycles. The van der Waals surface area contributed by atoms with Crippen molar-refractivity contribution >= 4 is 16.0 Å². The third-order valence-electron chi connectivity index (χ3n) is 2.36. The van der Waals surface area contributed by atoms with Gasteiger partial charge in [-0.25, -0.2) is 12.7 Å². The summed E-state index contributed by atoms with van der Waals surface area (Å²) in [5.41, 5.74) is 0. The SMILES string of the molecule is C#CCNC(=NCCCN(CC)S(C)(=O)=O)NCC. The second-order valence-corrected chi connectivity index (χ2v) is 5.91. The third kappa shape index (κ3) is 8.46.